The zero-order valence-electron chi connectivity index (χ0n) is 10.1. The van der Waals surface area contributed by atoms with Gasteiger partial charge in [-0.05, 0) is 36.4 Å². The molecule has 1 heterocycles. The lowest BCUT2D eigenvalue weighted by molar-refractivity contribution is 0.628. The van der Waals surface area contributed by atoms with Crippen LogP contribution in [0.15, 0.2) is 42.6 Å². The normalized spacial score (nSPS) is 10.8. The molecule has 0 aliphatic rings. The Labute approximate surface area is 124 Å². The molecule has 6 heteroatoms. The van der Waals surface area contributed by atoms with E-state index in [1.807, 2.05) is 6.07 Å². The molecule has 0 atom stereocenters. The van der Waals surface area contributed by atoms with E-state index < -0.39 is 5.82 Å². The summed E-state index contributed by atoms with van der Waals surface area (Å²) in [5.74, 6) is -0.0779. The third kappa shape index (κ3) is 2.66. The van der Waals surface area contributed by atoms with Crippen molar-refractivity contribution in [1.29, 1.82) is 0 Å². The van der Waals surface area contributed by atoms with Gasteiger partial charge < -0.3 is 5.32 Å². The van der Waals surface area contributed by atoms with Crippen molar-refractivity contribution in [1.82, 2.24) is 9.97 Å². The molecule has 1 aromatic heterocycles. The molecule has 1 N–H and O–H groups in total. The smallest absolute Gasteiger partial charge is 0.227 e. The number of nitrogens with one attached hydrogen (secondary N) is 1. The van der Waals surface area contributed by atoms with Crippen molar-refractivity contribution >= 4 is 45.7 Å². The summed E-state index contributed by atoms with van der Waals surface area (Å²) in [6.45, 7) is 0. The molecule has 2 aromatic carbocycles. The van der Waals surface area contributed by atoms with Crippen molar-refractivity contribution in [2.75, 3.05) is 5.32 Å². The highest BCUT2D eigenvalue weighted by molar-refractivity contribution is 6.31. The summed E-state index contributed by atoms with van der Waals surface area (Å²) < 4.78 is 13.1. The van der Waals surface area contributed by atoms with Crippen LogP contribution in [-0.4, -0.2) is 9.97 Å². The van der Waals surface area contributed by atoms with Crippen LogP contribution in [0.3, 0.4) is 0 Å². The van der Waals surface area contributed by atoms with Gasteiger partial charge in [0.15, 0.2) is 0 Å². The van der Waals surface area contributed by atoms with Crippen LogP contribution < -0.4 is 5.32 Å². The minimum Gasteiger partial charge on any atom is -0.324 e. The van der Waals surface area contributed by atoms with Crippen molar-refractivity contribution in [3.05, 3.63) is 58.5 Å². The molecule has 0 saturated heterocycles. The number of benzene rings is 2. The summed E-state index contributed by atoms with van der Waals surface area (Å²) in [6.07, 6.45) is 1.69. The Morgan fingerprint density at radius 1 is 1.05 bits per heavy atom. The summed E-state index contributed by atoms with van der Waals surface area (Å²) in [5, 5.41) is 4.50. The molecule has 100 valence electrons. The molecule has 0 saturated carbocycles. The van der Waals surface area contributed by atoms with E-state index in [2.05, 4.69) is 15.3 Å². The highest BCUT2D eigenvalue weighted by Gasteiger charge is 2.04. The van der Waals surface area contributed by atoms with Gasteiger partial charge in [-0.25, -0.2) is 14.4 Å². The minimum atomic E-state index is -0.469. The zero-order chi connectivity index (χ0) is 14.1. The molecule has 0 unspecified atom stereocenters. The van der Waals surface area contributed by atoms with Crippen LogP contribution in [0.2, 0.25) is 10.0 Å². The summed E-state index contributed by atoms with van der Waals surface area (Å²) in [5.41, 5.74) is 1.33. The molecular formula is C14H8Cl2FN3. The largest absolute Gasteiger partial charge is 0.324 e. The van der Waals surface area contributed by atoms with Crippen molar-refractivity contribution in [3.8, 4) is 0 Å². The first-order valence-corrected chi connectivity index (χ1v) is 6.52. The SMILES string of the molecule is Fc1ccc(Nc2ncc3ccc(Cl)cc3n2)cc1Cl. The Hall–Kier alpha value is -1.91. The Balaban J connectivity index is 1.95. The first-order valence-electron chi connectivity index (χ1n) is 5.76. The van der Waals surface area contributed by atoms with Gasteiger partial charge in [0.05, 0.1) is 10.5 Å². The van der Waals surface area contributed by atoms with Crippen molar-refractivity contribution in [2.24, 2.45) is 0 Å². The second-order valence-electron chi connectivity index (χ2n) is 4.15. The van der Waals surface area contributed by atoms with E-state index in [1.165, 1.54) is 12.1 Å². The van der Waals surface area contributed by atoms with Crippen LogP contribution in [0.4, 0.5) is 16.0 Å². The number of hydrogen-bond acceptors (Lipinski definition) is 3. The average Bonchev–Trinajstić information content (AvgIpc) is 2.42. The van der Waals surface area contributed by atoms with E-state index in [0.29, 0.717) is 16.7 Å². The van der Waals surface area contributed by atoms with Crippen molar-refractivity contribution in [2.45, 2.75) is 0 Å². The molecule has 0 aliphatic heterocycles. The molecule has 3 aromatic rings. The number of anilines is 2. The van der Waals surface area contributed by atoms with E-state index in [-0.39, 0.29) is 5.02 Å². The molecular weight excluding hydrogens is 300 g/mol. The van der Waals surface area contributed by atoms with E-state index >= 15 is 0 Å². The minimum absolute atomic E-state index is 0.0406. The third-order valence-electron chi connectivity index (χ3n) is 2.72. The van der Waals surface area contributed by atoms with Gasteiger partial charge in [-0.2, -0.15) is 0 Å². The first-order chi connectivity index (χ1) is 9.61. The maximum atomic E-state index is 13.1. The summed E-state index contributed by atoms with van der Waals surface area (Å²) in [6, 6.07) is 9.69. The standard InChI is InChI=1S/C14H8Cl2FN3/c15-9-2-1-8-7-18-14(20-13(8)5-9)19-10-3-4-12(17)11(16)6-10/h1-7H,(H,18,19,20). The van der Waals surface area contributed by atoms with E-state index in [1.54, 1.807) is 24.4 Å². The van der Waals surface area contributed by atoms with Crippen molar-refractivity contribution in [3.63, 3.8) is 0 Å². The third-order valence-corrected chi connectivity index (χ3v) is 3.25. The van der Waals surface area contributed by atoms with Gasteiger partial charge >= 0.3 is 0 Å². The van der Waals surface area contributed by atoms with Crippen molar-refractivity contribution < 1.29 is 4.39 Å². The number of aromatic nitrogens is 2. The summed E-state index contributed by atoms with van der Waals surface area (Å²) in [7, 11) is 0. The maximum absolute atomic E-state index is 13.1. The second kappa shape index (κ2) is 5.23. The molecule has 0 bridgehead atoms. The topological polar surface area (TPSA) is 37.8 Å². The molecule has 0 amide bonds. The Morgan fingerprint density at radius 3 is 2.70 bits per heavy atom. The van der Waals surface area contributed by atoms with Gasteiger partial charge in [0.25, 0.3) is 0 Å². The average molecular weight is 308 g/mol. The number of halogens is 3. The molecule has 20 heavy (non-hydrogen) atoms. The van der Waals surface area contributed by atoms with E-state index in [4.69, 9.17) is 23.2 Å². The van der Waals surface area contributed by atoms with Crippen LogP contribution in [0.25, 0.3) is 10.9 Å². The Morgan fingerprint density at radius 2 is 1.90 bits per heavy atom. The number of fused-ring (bicyclic) bond motifs is 1. The first kappa shape index (κ1) is 13.1. The number of rotatable bonds is 2. The van der Waals surface area contributed by atoms with Gasteiger partial charge in [0.1, 0.15) is 5.82 Å². The lowest BCUT2D eigenvalue weighted by atomic mass is 10.2. The Kier molecular flexibility index (Phi) is 3.42. The van der Waals surface area contributed by atoms with Crippen LogP contribution in [-0.2, 0) is 0 Å². The Bertz CT molecular complexity index is 792. The molecule has 0 radical (unpaired) electrons. The molecule has 0 aliphatic carbocycles. The fourth-order valence-electron chi connectivity index (χ4n) is 1.76. The van der Waals surface area contributed by atoms with E-state index in [9.17, 15) is 4.39 Å². The number of nitrogens with zero attached hydrogens (tertiary/aromatic N) is 2. The fourth-order valence-corrected chi connectivity index (χ4v) is 2.11. The van der Waals surface area contributed by atoms with Gasteiger partial charge in [0, 0.05) is 22.3 Å². The zero-order valence-corrected chi connectivity index (χ0v) is 11.6. The van der Waals surface area contributed by atoms with Crippen LogP contribution in [0.5, 0.6) is 0 Å². The van der Waals surface area contributed by atoms with Gasteiger partial charge in [-0.1, -0.05) is 23.2 Å². The fraction of sp³-hybridized carbons (Fsp3) is 0. The quantitative estimate of drug-likeness (QED) is 0.737. The van der Waals surface area contributed by atoms with Gasteiger partial charge in [-0.3, -0.25) is 0 Å². The van der Waals surface area contributed by atoms with Gasteiger partial charge in [-0.15, -0.1) is 0 Å². The molecule has 0 spiro atoms. The molecule has 0 fully saturated rings. The van der Waals surface area contributed by atoms with E-state index in [0.717, 1.165) is 10.9 Å². The van der Waals surface area contributed by atoms with Crippen LogP contribution in [0.1, 0.15) is 0 Å². The lowest BCUT2D eigenvalue weighted by Crippen LogP contribution is -1.97. The summed E-state index contributed by atoms with van der Waals surface area (Å²) >= 11 is 11.7. The molecule has 3 rings (SSSR count). The predicted octanol–water partition coefficient (Wildman–Crippen LogP) is 4.82. The number of hydrogen-bond donors (Lipinski definition) is 1. The highest BCUT2D eigenvalue weighted by Crippen LogP contribution is 2.23. The maximum Gasteiger partial charge on any atom is 0.227 e. The summed E-state index contributed by atoms with van der Waals surface area (Å²) in [4.78, 5) is 8.52. The van der Waals surface area contributed by atoms with Gasteiger partial charge in [0.2, 0.25) is 5.95 Å². The molecule has 3 nitrogen and oxygen atoms in total. The van der Waals surface area contributed by atoms with Crippen LogP contribution >= 0.6 is 23.2 Å². The van der Waals surface area contributed by atoms with Crippen LogP contribution in [0, 0.1) is 5.82 Å². The predicted molar refractivity (Wildman–Crippen MR) is 79.2 cm³/mol. The monoisotopic (exact) mass is 307 g/mol. The highest BCUT2D eigenvalue weighted by atomic mass is 35.5. The second-order valence-corrected chi connectivity index (χ2v) is 4.99. The lowest BCUT2D eigenvalue weighted by Gasteiger charge is -2.06.